The van der Waals surface area contributed by atoms with Gasteiger partial charge in [-0.05, 0) is 12.1 Å². The first-order valence-electron chi connectivity index (χ1n) is 5.67. The molecule has 0 bridgehead atoms. The molecular formula is C12H18Cl4N2O. The fourth-order valence-corrected chi connectivity index (χ4v) is 2.49. The Bertz CT molecular complexity index is 372. The molecule has 1 aromatic rings. The van der Waals surface area contributed by atoms with E-state index in [4.69, 9.17) is 33.7 Å². The highest BCUT2D eigenvalue weighted by Crippen LogP contribution is 2.26. The summed E-state index contributed by atoms with van der Waals surface area (Å²) in [6.07, 6.45) is 0.116. The first kappa shape index (κ1) is 19.3. The van der Waals surface area contributed by atoms with Crippen LogP contribution in [0.15, 0.2) is 18.2 Å². The quantitative estimate of drug-likeness (QED) is 0.913. The minimum atomic E-state index is 0. The SMILES string of the molecule is Cl.Cl.NCC1CN(Cc2c(Cl)cccc2Cl)CCO1. The zero-order valence-corrected chi connectivity index (χ0v) is 13.5. The molecule has 1 aliphatic heterocycles. The van der Waals surface area contributed by atoms with Crippen LogP contribution < -0.4 is 5.73 Å². The zero-order valence-electron chi connectivity index (χ0n) is 10.4. The first-order valence-corrected chi connectivity index (χ1v) is 6.43. The highest BCUT2D eigenvalue weighted by molar-refractivity contribution is 6.35. The molecule has 0 aliphatic carbocycles. The van der Waals surface area contributed by atoms with Gasteiger partial charge in [-0.1, -0.05) is 29.3 Å². The Morgan fingerprint density at radius 1 is 1.26 bits per heavy atom. The van der Waals surface area contributed by atoms with E-state index in [-0.39, 0.29) is 30.9 Å². The van der Waals surface area contributed by atoms with Crippen molar-refractivity contribution in [3.63, 3.8) is 0 Å². The Balaban J connectivity index is 0.00000162. The predicted octanol–water partition coefficient (Wildman–Crippen LogP) is 3.00. The van der Waals surface area contributed by atoms with E-state index in [0.29, 0.717) is 23.2 Å². The van der Waals surface area contributed by atoms with Gasteiger partial charge in [-0.3, -0.25) is 4.90 Å². The molecule has 0 aromatic heterocycles. The summed E-state index contributed by atoms with van der Waals surface area (Å²) in [6, 6.07) is 5.59. The molecule has 1 heterocycles. The lowest BCUT2D eigenvalue weighted by atomic mass is 10.2. The van der Waals surface area contributed by atoms with Crippen LogP contribution in [0.25, 0.3) is 0 Å². The van der Waals surface area contributed by atoms with Gasteiger partial charge in [-0.25, -0.2) is 0 Å². The van der Waals surface area contributed by atoms with Gasteiger partial charge in [0.05, 0.1) is 12.7 Å². The van der Waals surface area contributed by atoms with Gasteiger partial charge in [0.2, 0.25) is 0 Å². The van der Waals surface area contributed by atoms with E-state index in [2.05, 4.69) is 4.90 Å². The van der Waals surface area contributed by atoms with Crippen molar-refractivity contribution < 1.29 is 4.74 Å². The van der Waals surface area contributed by atoms with E-state index >= 15 is 0 Å². The van der Waals surface area contributed by atoms with E-state index in [0.717, 1.165) is 25.2 Å². The molecule has 1 unspecified atom stereocenters. The number of nitrogens with zero attached hydrogens (tertiary/aromatic N) is 1. The van der Waals surface area contributed by atoms with Gasteiger partial charge in [0.15, 0.2) is 0 Å². The highest BCUT2D eigenvalue weighted by atomic mass is 35.5. The smallest absolute Gasteiger partial charge is 0.0824 e. The van der Waals surface area contributed by atoms with E-state index in [1.807, 2.05) is 18.2 Å². The molecule has 1 atom stereocenters. The first-order chi connectivity index (χ1) is 8.20. The van der Waals surface area contributed by atoms with Crippen LogP contribution in [0.2, 0.25) is 10.0 Å². The Morgan fingerprint density at radius 2 is 1.89 bits per heavy atom. The lowest BCUT2D eigenvalue weighted by Gasteiger charge is -2.32. The number of morpholine rings is 1. The number of ether oxygens (including phenoxy) is 1. The molecule has 0 saturated carbocycles. The van der Waals surface area contributed by atoms with E-state index in [1.165, 1.54) is 0 Å². The Hall–Kier alpha value is 0.260. The molecular weight excluding hydrogens is 330 g/mol. The van der Waals surface area contributed by atoms with Crippen molar-refractivity contribution in [1.82, 2.24) is 4.90 Å². The average Bonchev–Trinajstić information content (AvgIpc) is 2.34. The van der Waals surface area contributed by atoms with Crippen LogP contribution in [0.1, 0.15) is 5.56 Å². The van der Waals surface area contributed by atoms with Crippen molar-refractivity contribution in [2.45, 2.75) is 12.6 Å². The van der Waals surface area contributed by atoms with Crippen molar-refractivity contribution in [2.24, 2.45) is 5.73 Å². The van der Waals surface area contributed by atoms with Crippen molar-refractivity contribution in [3.8, 4) is 0 Å². The summed E-state index contributed by atoms with van der Waals surface area (Å²) < 4.78 is 5.52. The maximum Gasteiger partial charge on any atom is 0.0824 e. The summed E-state index contributed by atoms with van der Waals surface area (Å²) in [6.45, 7) is 3.73. The normalized spacial score (nSPS) is 19.4. The van der Waals surface area contributed by atoms with Crippen molar-refractivity contribution in [2.75, 3.05) is 26.2 Å². The number of nitrogens with two attached hydrogens (primary N) is 1. The molecule has 3 nitrogen and oxygen atoms in total. The third-order valence-electron chi connectivity index (χ3n) is 2.93. The van der Waals surface area contributed by atoms with Gasteiger partial charge in [0, 0.05) is 41.8 Å². The van der Waals surface area contributed by atoms with Crippen LogP contribution in [0.3, 0.4) is 0 Å². The summed E-state index contributed by atoms with van der Waals surface area (Å²) in [7, 11) is 0. The number of rotatable bonds is 3. The fourth-order valence-electron chi connectivity index (χ4n) is 1.97. The molecule has 1 fully saturated rings. The van der Waals surface area contributed by atoms with E-state index in [1.54, 1.807) is 0 Å². The van der Waals surface area contributed by atoms with Crippen LogP contribution in [-0.4, -0.2) is 37.2 Å². The second kappa shape index (κ2) is 9.24. The lowest BCUT2D eigenvalue weighted by Crippen LogP contribution is -2.45. The predicted molar refractivity (Wildman–Crippen MR) is 85.0 cm³/mol. The topological polar surface area (TPSA) is 38.5 Å². The highest BCUT2D eigenvalue weighted by Gasteiger charge is 2.20. The molecule has 2 rings (SSSR count). The maximum atomic E-state index is 6.15. The summed E-state index contributed by atoms with van der Waals surface area (Å²) in [5, 5.41) is 1.43. The fraction of sp³-hybridized carbons (Fsp3) is 0.500. The third kappa shape index (κ3) is 5.27. The minimum absolute atomic E-state index is 0. The maximum absolute atomic E-state index is 6.15. The third-order valence-corrected chi connectivity index (χ3v) is 3.64. The van der Waals surface area contributed by atoms with Gasteiger partial charge in [-0.2, -0.15) is 0 Å². The second-order valence-corrected chi connectivity index (χ2v) is 4.98. The van der Waals surface area contributed by atoms with Crippen molar-refractivity contribution >= 4 is 48.0 Å². The largest absolute Gasteiger partial charge is 0.374 e. The summed E-state index contributed by atoms with van der Waals surface area (Å²) >= 11 is 12.3. The molecule has 7 heteroatoms. The molecule has 1 aliphatic rings. The number of hydrogen-bond acceptors (Lipinski definition) is 3. The average molecular weight is 348 g/mol. The number of benzene rings is 1. The van der Waals surface area contributed by atoms with E-state index < -0.39 is 0 Å². The van der Waals surface area contributed by atoms with Gasteiger partial charge >= 0.3 is 0 Å². The Kier molecular flexibility index (Phi) is 9.37. The monoisotopic (exact) mass is 346 g/mol. The molecule has 0 radical (unpaired) electrons. The summed E-state index contributed by atoms with van der Waals surface area (Å²) in [5.41, 5.74) is 6.59. The van der Waals surface area contributed by atoms with Crippen LogP contribution in [0.5, 0.6) is 0 Å². The molecule has 110 valence electrons. The minimum Gasteiger partial charge on any atom is -0.374 e. The van der Waals surface area contributed by atoms with Crippen molar-refractivity contribution in [3.05, 3.63) is 33.8 Å². The van der Waals surface area contributed by atoms with E-state index in [9.17, 15) is 0 Å². The molecule has 0 spiro atoms. The van der Waals surface area contributed by atoms with Gasteiger partial charge < -0.3 is 10.5 Å². The number of hydrogen-bond donors (Lipinski definition) is 1. The van der Waals surface area contributed by atoms with Gasteiger partial charge in [0.25, 0.3) is 0 Å². The molecule has 19 heavy (non-hydrogen) atoms. The molecule has 0 amide bonds. The molecule has 1 aromatic carbocycles. The Morgan fingerprint density at radius 3 is 2.47 bits per heavy atom. The summed E-state index contributed by atoms with van der Waals surface area (Å²) in [4.78, 5) is 2.27. The van der Waals surface area contributed by atoms with Gasteiger partial charge in [0.1, 0.15) is 0 Å². The Labute approximate surface area is 136 Å². The molecule has 2 N–H and O–H groups in total. The van der Waals surface area contributed by atoms with Crippen LogP contribution in [-0.2, 0) is 11.3 Å². The standard InChI is InChI=1S/C12H16Cl2N2O.2ClH/c13-11-2-1-3-12(14)10(11)8-16-4-5-17-9(6-15)7-16;;/h1-3,9H,4-8,15H2;2*1H. The van der Waals surface area contributed by atoms with Crippen LogP contribution in [0, 0.1) is 0 Å². The van der Waals surface area contributed by atoms with Gasteiger partial charge in [-0.15, -0.1) is 24.8 Å². The van der Waals surface area contributed by atoms with Crippen LogP contribution >= 0.6 is 48.0 Å². The lowest BCUT2D eigenvalue weighted by molar-refractivity contribution is -0.0260. The molecule has 1 saturated heterocycles. The van der Waals surface area contributed by atoms with Crippen LogP contribution in [0.4, 0.5) is 0 Å². The second-order valence-electron chi connectivity index (χ2n) is 4.16. The number of halogens is 4. The summed E-state index contributed by atoms with van der Waals surface area (Å²) in [5.74, 6) is 0. The zero-order chi connectivity index (χ0) is 12.3. The van der Waals surface area contributed by atoms with Crippen molar-refractivity contribution in [1.29, 1.82) is 0 Å².